The molecule has 0 saturated carbocycles. The molecule has 1 aliphatic rings. The summed E-state index contributed by atoms with van der Waals surface area (Å²) in [6.07, 6.45) is -0.873. The number of H-pyrrole nitrogens is 1. The number of rotatable bonds is 6. The first kappa shape index (κ1) is 17.9. The SMILES string of the molecule is COCCO[C@@H]1[C@H](C)[C@@H]([C@H](C)O)O[C@H]1n1cc(C)c(=O)[nH]c1=O. The number of aliphatic hydroxyl groups excluding tert-OH is 1. The molecule has 2 rings (SSSR count). The van der Waals surface area contributed by atoms with Gasteiger partial charge >= 0.3 is 5.69 Å². The maximum Gasteiger partial charge on any atom is 0.330 e. The lowest BCUT2D eigenvalue weighted by molar-refractivity contribution is -0.0902. The van der Waals surface area contributed by atoms with Gasteiger partial charge in [-0.2, -0.15) is 0 Å². The van der Waals surface area contributed by atoms with E-state index in [-0.39, 0.29) is 5.92 Å². The lowest BCUT2D eigenvalue weighted by atomic mass is 9.97. The molecule has 1 saturated heterocycles. The molecule has 5 atom stereocenters. The molecule has 8 heteroatoms. The highest BCUT2D eigenvalue weighted by molar-refractivity contribution is 5.03. The van der Waals surface area contributed by atoms with Crippen molar-refractivity contribution in [1.82, 2.24) is 9.55 Å². The van der Waals surface area contributed by atoms with Gasteiger partial charge in [0.2, 0.25) is 0 Å². The van der Waals surface area contributed by atoms with Crippen LogP contribution in [0, 0.1) is 12.8 Å². The Morgan fingerprint density at radius 1 is 1.43 bits per heavy atom. The van der Waals surface area contributed by atoms with Crippen LogP contribution in [0.4, 0.5) is 0 Å². The van der Waals surface area contributed by atoms with Crippen LogP contribution in [0.3, 0.4) is 0 Å². The summed E-state index contributed by atoms with van der Waals surface area (Å²) in [5, 5.41) is 9.89. The number of nitrogens with zero attached hydrogens (tertiary/aromatic N) is 1. The third kappa shape index (κ3) is 3.72. The van der Waals surface area contributed by atoms with Crippen LogP contribution in [0.1, 0.15) is 25.6 Å². The van der Waals surface area contributed by atoms with Crippen molar-refractivity contribution in [3.05, 3.63) is 32.6 Å². The van der Waals surface area contributed by atoms with E-state index >= 15 is 0 Å². The second-order valence-corrected chi connectivity index (χ2v) is 5.90. The third-order valence-electron chi connectivity index (χ3n) is 4.11. The zero-order valence-corrected chi connectivity index (χ0v) is 13.8. The van der Waals surface area contributed by atoms with Crippen molar-refractivity contribution in [2.24, 2.45) is 5.92 Å². The van der Waals surface area contributed by atoms with E-state index in [1.165, 1.54) is 10.8 Å². The summed E-state index contributed by atoms with van der Waals surface area (Å²) >= 11 is 0. The van der Waals surface area contributed by atoms with Gasteiger partial charge in [-0.3, -0.25) is 14.3 Å². The lowest BCUT2D eigenvalue weighted by Gasteiger charge is -2.23. The van der Waals surface area contributed by atoms with Crippen molar-refractivity contribution >= 4 is 0 Å². The Bertz CT molecular complexity index is 638. The van der Waals surface area contributed by atoms with Gasteiger partial charge < -0.3 is 19.3 Å². The molecule has 2 N–H and O–H groups in total. The van der Waals surface area contributed by atoms with Crippen LogP contribution in [0.2, 0.25) is 0 Å². The van der Waals surface area contributed by atoms with Crippen LogP contribution in [-0.2, 0) is 14.2 Å². The molecule has 0 amide bonds. The van der Waals surface area contributed by atoms with Crippen LogP contribution in [0.5, 0.6) is 0 Å². The average Bonchev–Trinajstić information content (AvgIpc) is 2.81. The number of aliphatic hydroxyl groups is 1. The summed E-state index contributed by atoms with van der Waals surface area (Å²) < 4.78 is 18.0. The van der Waals surface area contributed by atoms with E-state index in [0.29, 0.717) is 18.8 Å². The van der Waals surface area contributed by atoms with Crippen molar-refractivity contribution in [3.63, 3.8) is 0 Å². The normalized spacial score (nSPS) is 28.9. The molecule has 2 heterocycles. The average molecular weight is 328 g/mol. The molecule has 0 aromatic carbocycles. The molecular formula is C15H24N2O6. The molecule has 8 nitrogen and oxygen atoms in total. The predicted molar refractivity (Wildman–Crippen MR) is 82.4 cm³/mol. The van der Waals surface area contributed by atoms with Gasteiger partial charge in [0.15, 0.2) is 6.23 Å². The molecule has 0 aliphatic carbocycles. The zero-order valence-electron chi connectivity index (χ0n) is 13.8. The van der Waals surface area contributed by atoms with Gasteiger partial charge in [-0.15, -0.1) is 0 Å². The van der Waals surface area contributed by atoms with Crippen molar-refractivity contribution in [2.75, 3.05) is 20.3 Å². The second-order valence-electron chi connectivity index (χ2n) is 5.90. The molecule has 1 aromatic rings. The summed E-state index contributed by atoms with van der Waals surface area (Å²) in [4.78, 5) is 25.9. The lowest BCUT2D eigenvalue weighted by Crippen LogP contribution is -2.38. The molecule has 1 aliphatic heterocycles. The fourth-order valence-electron chi connectivity index (χ4n) is 2.86. The first-order valence-electron chi connectivity index (χ1n) is 7.63. The smallest absolute Gasteiger partial charge is 0.330 e. The Morgan fingerprint density at radius 2 is 2.13 bits per heavy atom. The quantitative estimate of drug-likeness (QED) is 0.701. The minimum Gasteiger partial charge on any atom is -0.391 e. The molecule has 1 aromatic heterocycles. The van der Waals surface area contributed by atoms with E-state index in [9.17, 15) is 14.7 Å². The van der Waals surface area contributed by atoms with E-state index in [1.54, 1.807) is 21.0 Å². The summed E-state index contributed by atoms with van der Waals surface area (Å²) in [5.74, 6) is -0.129. The Hall–Kier alpha value is -1.48. The minimum absolute atomic E-state index is 0.129. The Kier molecular flexibility index (Phi) is 5.74. The second kappa shape index (κ2) is 7.39. The van der Waals surface area contributed by atoms with Crippen LogP contribution < -0.4 is 11.2 Å². The number of hydrogen-bond acceptors (Lipinski definition) is 6. The van der Waals surface area contributed by atoms with E-state index in [0.717, 1.165) is 0 Å². The molecular weight excluding hydrogens is 304 g/mol. The molecule has 1 fully saturated rings. The number of methoxy groups -OCH3 is 1. The molecule has 23 heavy (non-hydrogen) atoms. The first-order valence-corrected chi connectivity index (χ1v) is 7.63. The molecule has 130 valence electrons. The summed E-state index contributed by atoms with van der Waals surface area (Å²) in [6.45, 7) is 5.90. The van der Waals surface area contributed by atoms with Gasteiger partial charge in [0.25, 0.3) is 5.56 Å². The monoisotopic (exact) mass is 328 g/mol. The van der Waals surface area contributed by atoms with Crippen molar-refractivity contribution in [2.45, 2.75) is 45.3 Å². The Labute approximate surface area is 134 Å². The molecule has 0 bridgehead atoms. The predicted octanol–water partition coefficient (Wildman–Crippen LogP) is -0.209. The highest BCUT2D eigenvalue weighted by Crippen LogP contribution is 2.36. The Balaban J connectivity index is 2.34. The standard InChI is InChI=1S/C15H24N2O6/c1-8-7-17(15(20)16-13(8)19)14-12(22-6-5-21-4)9(2)11(23-14)10(3)18/h7,9-12,14,18H,5-6H2,1-4H3,(H,16,19,20)/t9-,10+,11+,12-,14-/m1/s1. The minimum atomic E-state index is -0.718. The van der Waals surface area contributed by atoms with E-state index in [4.69, 9.17) is 14.2 Å². The van der Waals surface area contributed by atoms with Gasteiger partial charge in [-0.25, -0.2) is 4.79 Å². The number of aryl methyl sites for hydroxylation is 1. The fourth-order valence-corrected chi connectivity index (χ4v) is 2.86. The first-order chi connectivity index (χ1) is 10.9. The zero-order chi connectivity index (χ0) is 17.1. The fraction of sp³-hybridized carbons (Fsp3) is 0.733. The molecule has 0 radical (unpaired) electrons. The molecule has 0 spiro atoms. The number of aromatic nitrogens is 2. The van der Waals surface area contributed by atoms with Crippen molar-refractivity contribution in [3.8, 4) is 0 Å². The topological polar surface area (TPSA) is 103 Å². The van der Waals surface area contributed by atoms with Crippen LogP contribution in [0.15, 0.2) is 15.8 Å². The van der Waals surface area contributed by atoms with Gasteiger partial charge in [0, 0.05) is 24.8 Å². The summed E-state index contributed by atoms with van der Waals surface area (Å²) in [7, 11) is 1.57. The van der Waals surface area contributed by atoms with Crippen LogP contribution in [-0.4, -0.2) is 53.3 Å². The summed E-state index contributed by atoms with van der Waals surface area (Å²) in [5.41, 5.74) is -0.595. The number of nitrogens with one attached hydrogen (secondary N) is 1. The van der Waals surface area contributed by atoms with E-state index in [1.807, 2.05) is 6.92 Å². The number of hydrogen-bond donors (Lipinski definition) is 2. The largest absolute Gasteiger partial charge is 0.391 e. The van der Waals surface area contributed by atoms with Crippen LogP contribution in [0.25, 0.3) is 0 Å². The van der Waals surface area contributed by atoms with Gasteiger partial charge in [-0.05, 0) is 13.8 Å². The highest BCUT2D eigenvalue weighted by atomic mass is 16.6. The van der Waals surface area contributed by atoms with E-state index < -0.39 is 35.8 Å². The van der Waals surface area contributed by atoms with Gasteiger partial charge in [0.1, 0.15) is 6.10 Å². The summed E-state index contributed by atoms with van der Waals surface area (Å²) in [6, 6.07) is 0. The van der Waals surface area contributed by atoms with Crippen molar-refractivity contribution in [1.29, 1.82) is 0 Å². The number of aromatic amines is 1. The maximum atomic E-state index is 12.1. The van der Waals surface area contributed by atoms with E-state index in [2.05, 4.69) is 4.98 Å². The highest BCUT2D eigenvalue weighted by Gasteiger charge is 2.46. The van der Waals surface area contributed by atoms with Crippen LogP contribution >= 0.6 is 0 Å². The van der Waals surface area contributed by atoms with Gasteiger partial charge in [-0.1, -0.05) is 6.92 Å². The third-order valence-corrected chi connectivity index (χ3v) is 4.11. The maximum absolute atomic E-state index is 12.1. The molecule has 0 unspecified atom stereocenters. The van der Waals surface area contributed by atoms with Gasteiger partial charge in [0.05, 0.1) is 25.4 Å². The van der Waals surface area contributed by atoms with Crippen molar-refractivity contribution < 1.29 is 19.3 Å². The number of ether oxygens (including phenoxy) is 3. The Morgan fingerprint density at radius 3 is 2.74 bits per heavy atom.